The lowest BCUT2D eigenvalue weighted by Gasteiger charge is -2.16. The van der Waals surface area contributed by atoms with Crippen LogP contribution in [0, 0.1) is 11.3 Å². The van der Waals surface area contributed by atoms with Gasteiger partial charge in [0.2, 0.25) is 0 Å². The summed E-state index contributed by atoms with van der Waals surface area (Å²) in [5, 5.41) is 12.2. The van der Waals surface area contributed by atoms with Gasteiger partial charge in [-0.2, -0.15) is 5.26 Å². The number of hydrogen-bond acceptors (Lipinski definition) is 4. The minimum absolute atomic E-state index is 0.465. The summed E-state index contributed by atoms with van der Waals surface area (Å²) in [4.78, 5) is 4.24. The second-order valence-electron chi connectivity index (χ2n) is 4.56. The maximum Gasteiger partial charge on any atom is 0.153 e. The number of nitrogens with two attached hydrogens (primary N) is 1. The number of aryl methyl sites for hydroxylation is 2. The fraction of sp³-hybridized carbons (Fsp3) is 0.250. The number of hydrogen-bond donors (Lipinski definition) is 2. The SMILES string of the molecule is CCc1cccc(CC)c1Nc1ncc(C#N)cc1N. The summed E-state index contributed by atoms with van der Waals surface area (Å²) >= 11 is 0. The summed E-state index contributed by atoms with van der Waals surface area (Å²) in [5.74, 6) is 0.597. The van der Waals surface area contributed by atoms with E-state index in [1.165, 1.54) is 17.3 Å². The molecule has 0 aliphatic heterocycles. The topological polar surface area (TPSA) is 74.7 Å². The van der Waals surface area contributed by atoms with Crippen LogP contribution in [0.1, 0.15) is 30.5 Å². The van der Waals surface area contributed by atoms with Crippen LogP contribution in [0.3, 0.4) is 0 Å². The Morgan fingerprint density at radius 1 is 1.25 bits per heavy atom. The van der Waals surface area contributed by atoms with Gasteiger partial charge >= 0.3 is 0 Å². The number of anilines is 3. The van der Waals surface area contributed by atoms with E-state index in [2.05, 4.69) is 42.3 Å². The molecule has 0 saturated carbocycles. The minimum Gasteiger partial charge on any atom is -0.396 e. The van der Waals surface area contributed by atoms with Gasteiger partial charge in [-0.15, -0.1) is 0 Å². The summed E-state index contributed by atoms with van der Waals surface area (Å²) < 4.78 is 0. The van der Waals surface area contributed by atoms with Crippen LogP contribution in [0.15, 0.2) is 30.5 Å². The van der Waals surface area contributed by atoms with E-state index >= 15 is 0 Å². The molecule has 102 valence electrons. The highest BCUT2D eigenvalue weighted by molar-refractivity contribution is 5.73. The van der Waals surface area contributed by atoms with Crippen LogP contribution in [0.25, 0.3) is 0 Å². The molecule has 1 aromatic heterocycles. The molecule has 1 heterocycles. The summed E-state index contributed by atoms with van der Waals surface area (Å²) in [7, 11) is 0. The van der Waals surface area contributed by atoms with Crippen LogP contribution in [0.2, 0.25) is 0 Å². The zero-order valence-electron chi connectivity index (χ0n) is 11.8. The lowest BCUT2D eigenvalue weighted by atomic mass is 10.0. The molecule has 20 heavy (non-hydrogen) atoms. The van der Waals surface area contributed by atoms with Gasteiger partial charge in [0.15, 0.2) is 5.82 Å². The number of benzene rings is 1. The highest BCUT2D eigenvalue weighted by atomic mass is 15.0. The molecule has 4 nitrogen and oxygen atoms in total. The molecule has 0 bridgehead atoms. The first-order valence-corrected chi connectivity index (χ1v) is 6.73. The van der Waals surface area contributed by atoms with Gasteiger partial charge < -0.3 is 11.1 Å². The Morgan fingerprint density at radius 2 is 1.90 bits per heavy atom. The second-order valence-corrected chi connectivity index (χ2v) is 4.56. The number of nitrogens with one attached hydrogen (secondary N) is 1. The number of nitriles is 1. The van der Waals surface area contributed by atoms with Crippen molar-refractivity contribution in [2.75, 3.05) is 11.1 Å². The number of para-hydroxylation sites is 1. The Bertz CT molecular complexity index is 634. The third-order valence-electron chi connectivity index (χ3n) is 3.29. The number of nitrogens with zero attached hydrogens (tertiary/aromatic N) is 2. The molecule has 4 heteroatoms. The smallest absolute Gasteiger partial charge is 0.153 e. The van der Waals surface area contributed by atoms with E-state index in [4.69, 9.17) is 11.0 Å². The van der Waals surface area contributed by atoms with Gasteiger partial charge in [0.1, 0.15) is 6.07 Å². The first kappa shape index (κ1) is 13.9. The highest BCUT2D eigenvalue weighted by Crippen LogP contribution is 2.28. The molecule has 0 aliphatic rings. The monoisotopic (exact) mass is 266 g/mol. The van der Waals surface area contributed by atoms with Crippen molar-refractivity contribution in [1.29, 1.82) is 5.26 Å². The number of aromatic nitrogens is 1. The average molecular weight is 266 g/mol. The van der Waals surface area contributed by atoms with Gasteiger partial charge in [0.25, 0.3) is 0 Å². The van der Waals surface area contributed by atoms with E-state index in [1.54, 1.807) is 6.07 Å². The zero-order chi connectivity index (χ0) is 14.5. The van der Waals surface area contributed by atoms with Crippen molar-refractivity contribution in [2.45, 2.75) is 26.7 Å². The molecule has 0 unspecified atom stereocenters. The highest BCUT2D eigenvalue weighted by Gasteiger charge is 2.09. The maximum absolute atomic E-state index is 8.84. The summed E-state index contributed by atoms with van der Waals surface area (Å²) in [5.41, 5.74) is 10.4. The van der Waals surface area contributed by atoms with Gasteiger partial charge in [-0.25, -0.2) is 4.98 Å². The van der Waals surface area contributed by atoms with Crippen molar-refractivity contribution in [2.24, 2.45) is 0 Å². The first-order valence-electron chi connectivity index (χ1n) is 6.73. The van der Waals surface area contributed by atoms with E-state index in [-0.39, 0.29) is 0 Å². The van der Waals surface area contributed by atoms with Gasteiger partial charge in [-0.3, -0.25) is 0 Å². The summed E-state index contributed by atoms with van der Waals surface area (Å²) in [6.07, 6.45) is 3.40. The number of pyridine rings is 1. The molecule has 2 rings (SSSR count). The molecular formula is C16H18N4. The van der Waals surface area contributed by atoms with Crippen molar-refractivity contribution in [3.05, 3.63) is 47.2 Å². The second kappa shape index (κ2) is 6.07. The van der Waals surface area contributed by atoms with Crippen molar-refractivity contribution < 1.29 is 0 Å². The van der Waals surface area contributed by atoms with Crippen molar-refractivity contribution >= 4 is 17.2 Å². The third-order valence-corrected chi connectivity index (χ3v) is 3.29. The molecule has 0 saturated heterocycles. The summed E-state index contributed by atoms with van der Waals surface area (Å²) in [6, 6.07) is 9.93. The van der Waals surface area contributed by atoms with Crippen LogP contribution in [-0.4, -0.2) is 4.98 Å². The molecule has 0 spiro atoms. The fourth-order valence-corrected chi connectivity index (χ4v) is 2.17. The molecule has 3 N–H and O–H groups in total. The quantitative estimate of drug-likeness (QED) is 0.889. The lowest BCUT2D eigenvalue weighted by Crippen LogP contribution is -2.04. The predicted octanol–water partition coefficient (Wildman–Crippen LogP) is 3.40. The van der Waals surface area contributed by atoms with Crippen molar-refractivity contribution in [1.82, 2.24) is 4.98 Å². The Kier molecular flexibility index (Phi) is 4.21. The molecule has 0 amide bonds. The first-order chi connectivity index (χ1) is 9.69. The van der Waals surface area contributed by atoms with E-state index in [1.807, 2.05) is 6.07 Å². The molecule has 0 radical (unpaired) electrons. The maximum atomic E-state index is 8.84. The Morgan fingerprint density at radius 3 is 2.40 bits per heavy atom. The molecule has 0 fully saturated rings. The molecule has 1 aromatic carbocycles. The largest absolute Gasteiger partial charge is 0.396 e. The van der Waals surface area contributed by atoms with Crippen molar-refractivity contribution in [3.63, 3.8) is 0 Å². The van der Waals surface area contributed by atoms with E-state index in [0.717, 1.165) is 18.5 Å². The van der Waals surface area contributed by atoms with Gasteiger partial charge in [-0.05, 0) is 30.0 Å². The van der Waals surface area contributed by atoms with Crippen LogP contribution in [0.5, 0.6) is 0 Å². The summed E-state index contributed by atoms with van der Waals surface area (Å²) in [6.45, 7) is 4.24. The van der Waals surface area contributed by atoms with Crippen molar-refractivity contribution in [3.8, 4) is 6.07 Å². The zero-order valence-corrected chi connectivity index (χ0v) is 11.8. The molecule has 0 atom stereocenters. The van der Waals surface area contributed by atoms with Crippen LogP contribution in [0.4, 0.5) is 17.2 Å². The van der Waals surface area contributed by atoms with E-state index in [0.29, 0.717) is 17.1 Å². The van der Waals surface area contributed by atoms with Gasteiger partial charge in [0, 0.05) is 11.9 Å². The predicted molar refractivity (Wildman–Crippen MR) is 81.8 cm³/mol. The lowest BCUT2D eigenvalue weighted by molar-refractivity contribution is 1.09. The number of nitrogen functional groups attached to an aromatic ring is 1. The van der Waals surface area contributed by atoms with Crippen LogP contribution in [-0.2, 0) is 12.8 Å². The Labute approximate surface area is 119 Å². The molecule has 2 aromatic rings. The standard InChI is InChI=1S/C16H18N4/c1-3-12-6-5-7-13(4-2)15(12)20-16-14(18)8-11(9-17)10-19-16/h5-8,10H,3-4,18H2,1-2H3,(H,19,20). The normalized spacial score (nSPS) is 10.1. The number of rotatable bonds is 4. The fourth-order valence-electron chi connectivity index (χ4n) is 2.17. The van der Waals surface area contributed by atoms with E-state index in [9.17, 15) is 0 Å². The molecule has 0 aliphatic carbocycles. The minimum atomic E-state index is 0.465. The molecular weight excluding hydrogens is 248 g/mol. The third kappa shape index (κ3) is 2.72. The van der Waals surface area contributed by atoms with Crippen LogP contribution < -0.4 is 11.1 Å². The van der Waals surface area contributed by atoms with Gasteiger partial charge in [-0.1, -0.05) is 32.0 Å². The van der Waals surface area contributed by atoms with Crippen LogP contribution >= 0.6 is 0 Å². The Balaban J connectivity index is 2.42. The van der Waals surface area contributed by atoms with Gasteiger partial charge in [0.05, 0.1) is 11.3 Å². The van der Waals surface area contributed by atoms with E-state index < -0.39 is 0 Å². The average Bonchev–Trinajstić information content (AvgIpc) is 2.49. The Hall–Kier alpha value is -2.54.